The van der Waals surface area contributed by atoms with Crippen LogP contribution in [-0.2, 0) is 0 Å². The summed E-state index contributed by atoms with van der Waals surface area (Å²) < 4.78 is 7.52. The molecule has 11 rings (SSSR count). The van der Waals surface area contributed by atoms with E-state index in [1.807, 2.05) is 11.3 Å². The lowest BCUT2D eigenvalue weighted by molar-refractivity contribution is 1.18. The Hall–Kier alpha value is -6.42. The summed E-state index contributed by atoms with van der Waals surface area (Å²) in [5.41, 5.74) is 12.2. The summed E-state index contributed by atoms with van der Waals surface area (Å²) in [6.07, 6.45) is 0. The van der Waals surface area contributed by atoms with Gasteiger partial charge < -0.3 is 9.13 Å². The lowest BCUT2D eigenvalue weighted by Crippen LogP contribution is -1.94. The molecule has 0 saturated heterocycles. The van der Waals surface area contributed by atoms with E-state index >= 15 is 0 Å². The highest BCUT2D eigenvalue weighted by atomic mass is 32.1. The van der Waals surface area contributed by atoms with Crippen LogP contribution in [0.2, 0.25) is 0 Å². The zero-order valence-corrected chi connectivity index (χ0v) is 28.4. The molecule has 0 fully saturated rings. The second kappa shape index (κ2) is 11.0. The fraction of sp³-hybridized carbons (Fsp3) is 0. The average molecular weight is 667 g/mol. The quantitative estimate of drug-likeness (QED) is 0.177. The SMILES string of the molecule is c1ccc(-c2ccc(-n3c4ccccc4c4cc(-c5cccc6c5c5ccccc5n6-c5cccc6sc7ccccc7c56)ccc43)cc2)cc1. The molecule has 8 aromatic carbocycles. The van der Waals surface area contributed by atoms with Gasteiger partial charge in [0.15, 0.2) is 0 Å². The van der Waals surface area contributed by atoms with Gasteiger partial charge in [-0.05, 0) is 82.9 Å². The van der Waals surface area contributed by atoms with Crippen LogP contribution in [0.3, 0.4) is 0 Å². The van der Waals surface area contributed by atoms with Gasteiger partial charge in [-0.15, -0.1) is 11.3 Å². The molecule has 11 aromatic rings. The molecule has 238 valence electrons. The average Bonchev–Trinajstić information content (AvgIpc) is 3.86. The number of rotatable bonds is 4. The van der Waals surface area contributed by atoms with Crippen LogP contribution in [0.1, 0.15) is 0 Å². The molecule has 3 heterocycles. The molecular weight excluding hydrogens is 637 g/mol. The molecule has 0 atom stereocenters. The molecule has 0 aliphatic carbocycles. The molecule has 3 aromatic heterocycles. The highest BCUT2D eigenvalue weighted by molar-refractivity contribution is 7.25. The summed E-state index contributed by atoms with van der Waals surface area (Å²) >= 11 is 1.87. The molecule has 2 nitrogen and oxygen atoms in total. The van der Waals surface area contributed by atoms with Crippen LogP contribution in [0.15, 0.2) is 182 Å². The van der Waals surface area contributed by atoms with Crippen molar-refractivity contribution in [1.82, 2.24) is 9.13 Å². The van der Waals surface area contributed by atoms with Crippen molar-refractivity contribution in [3.63, 3.8) is 0 Å². The Morgan fingerprint density at radius 3 is 1.78 bits per heavy atom. The third-order valence-corrected chi connectivity index (χ3v) is 11.7. The van der Waals surface area contributed by atoms with Gasteiger partial charge in [0, 0.05) is 47.4 Å². The number of nitrogens with zero attached hydrogens (tertiary/aromatic N) is 2. The fourth-order valence-corrected chi connectivity index (χ4v) is 9.44. The minimum atomic E-state index is 1.16. The molecule has 0 bridgehead atoms. The maximum Gasteiger partial charge on any atom is 0.0555 e. The first-order chi connectivity index (χ1) is 25.3. The van der Waals surface area contributed by atoms with Crippen LogP contribution in [0.25, 0.3) is 97.4 Å². The van der Waals surface area contributed by atoms with Crippen LogP contribution < -0.4 is 0 Å². The summed E-state index contributed by atoms with van der Waals surface area (Å²) in [5.74, 6) is 0. The van der Waals surface area contributed by atoms with Gasteiger partial charge in [0.1, 0.15) is 0 Å². The van der Waals surface area contributed by atoms with Gasteiger partial charge in [-0.25, -0.2) is 0 Å². The van der Waals surface area contributed by atoms with E-state index < -0.39 is 0 Å². The first-order valence-electron chi connectivity index (χ1n) is 17.4. The molecule has 0 aliphatic rings. The van der Waals surface area contributed by atoms with Gasteiger partial charge in [0.2, 0.25) is 0 Å². The maximum atomic E-state index is 2.49. The summed E-state index contributed by atoms with van der Waals surface area (Å²) in [7, 11) is 0. The van der Waals surface area contributed by atoms with Crippen LogP contribution >= 0.6 is 11.3 Å². The van der Waals surface area contributed by atoms with E-state index in [2.05, 4.69) is 191 Å². The highest BCUT2D eigenvalue weighted by Crippen LogP contribution is 2.44. The van der Waals surface area contributed by atoms with Crippen molar-refractivity contribution in [3.05, 3.63) is 182 Å². The standard InChI is InChI=1S/C48H30N2S/c1-2-12-31(13-3-1)32-24-27-34(28-25-32)49-40-18-7-4-14-36(40)39-30-33(26-29-42(39)49)35-17-10-20-43-47(35)37-15-5-8-19-41(37)50(43)44-21-11-23-46-48(44)38-16-6-9-22-45(38)51-46/h1-30H. The van der Waals surface area contributed by atoms with Gasteiger partial charge >= 0.3 is 0 Å². The highest BCUT2D eigenvalue weighted by Gasteiger charge is 2.20. The Bertz CT molecular complexity index is 3120. The molecule has 0 radical (unpaired) electrons. The largest absolute Gasteiger partial charge is 0.309 e. The van der Waals surface area contributed by atoms with Crippen LogP contribution in [0, 0.1) is 0 Å². The third kappa shape index (κ3) is 4.22. The van der Waals surface area contributed by atoms with Gasteiger partial charge in [0.25, 0.3) is 0 Å². The minimum absolute atomic E-state index is 1.16. The topological polar surface area (TPSA) is 9.86 Å². The fourth-order valence-electron chi connectivity index (χ4n) is 8.31. The molecule has 0 N–H and O–H groups in total. The first-order valence-corrected chi connectivity index (χ1v) is 18.3. The number of benzene rings is 8. The molecule has 0 saturated carbocycles. The lowest BCUT2D eigenvalue weighted by atomic mass is 9.98. The number of hydrogen-bond donors (Lipinski definition) is 0. The van der Waals surface area contributed by atoms with E-state index in [1.165, 1.54) is 91.7 Å². The number of thiophene rings is 1. The van der Waals surface area contributed by atoms with Crippen LogP contribution in [-0.4, -0.2) is 9.13 Å². The van der Waals surface area contributed by atoms with Crippen molar-refractivity contribution in [1.29, 1.82) is 0 Å². The van der Waals surface area contributed by atoms with E-state index in [1.54, 1.807) is 0 Å². The Morgan fingerprint density at radius 2 is 0.941 bits per heavy atom. The van der Waals surface area contributed by atoms with Crippen molar-refractivity contribution >= 4 is 75.1 Å². The maximum absolute atomic E-state index is 2.49. The summed E-state index contributed by atoms with van der Waals surface area (Å²) in [4.78, 5) is 0. The summed E-state index contributed by atoms with van der Waals surface area (Å²) in [6, 6.07) is 66.6. The number of aromatic nitrogens is 2. The van der Waals surface area contributed by atoms with E-state index in [0.29, 0.717) is 0 Å². The van der Waals surface area contributed by atoms with Crippen molar-refractivity contribution in [2.75, 3.05) is 0 Å². The van der Waals surface area contributed by atoms with Crippen molar-refractivity contribution in [2.45, 2.75) is 0 Å². The molecule has 0 aliphatic heterocycles. The Morgan fingerprint density at radius 1 is 0.333 bits per heavy atom. The third-order valence-electron chi connectivity index (χ3n) is 10.5. The monoisotopic (exact) mass is 666 g/mol. The smallest absolute Gasteiger partial charge is 0.0555 e. The first kappa shape index (κ1) is 28.4. The molecule has 51 heavy (non-hydrogen) atoms. The minimum Gasteiger partial charge on any atom is -0.309 e. The molecule has 0 spiro atoms. The molecule has 0 amide bonds. The Kier molecular flexibility index (Phi) is 6.16. The lowest BCUT2D eigenvalue weighted by Gasteiger charge is -2.11. The summed E-state index contributed by atoms with van der Waals surface area (Å²) in [6.45, 7) is 0. The zero-order valence-electron chi connectivity index (χ0n) is 27.6. The second-order valence-corrected chi connectivity index (χ2v) is 14.4. The van der Waals surface area contributed by atoms with Crippen molar-refractivity contribution in [3.8, 4) is 33.6 Å². The second-order valence-electron chi connectivity index (χ2n) is 13.3. The Balaban J connectivity index is 1.13. The van der Waals surface area contributed by atoms with Gasteiger partial charge in [-0.1, -0.05) is 121 Å². The summed E-state index contributed by atoms with van der Waals surface area (Å²) in [5, 5.41) is 7.69. The van der Waals surface area contributed by atoms with Gasteiger partial charge in [-0.3, -0.25) is 0 Å². The molecular formula is C48H30N2S. The van der Waals surface area contributed by atoms with Crippen LogP contribution in [0.5, 0.6) is 0 Å². The predicted molar refractivity (Wildman–Crippen MR) is 219 cm³/mol. The number of fused-ring (bicyclic) bond motifs is 9. The van der Waals surface area contributed by atoms with E-state index in [-0.39, 0.29) is 0 Å². The van der Waals surface area contributed by atoms with Gasteiger partial charge in [-0.2, -0.15) is 0 Å². The zero-order chi connectivity index (χ0) is 33.5. The predicted octanol–water partition coefficient (Wildman–Crippen LogP) is 13.6. The van der Waals surface area contributed by atoms with Crippen molar-refractivity contribution < 1.29 is 0 Å². The molecule has 0 unspecified atom stereocenters. The van der Waals surface area contributed by atoms with E-state index in [9.17, 15) is 0 Å². The normalized spacial score (nSPS) is 11.9. The Labute approximate surface area is 298 Å². The number of hydrogen-bond acceptors (Lipinski definition) is 1. The van der Waals surface area contributed by atoms with E-state index in [4.69, 9.17) is 0 Å². The van der Waals surface area contributed by atoms with Crippen molar-refractivity contribution in [2.24, 2.45) is 0 Å². The molecule has 3 heteroatoms. The van der Waals surface area contributed by atoms with Crippen LogP contribution in [0.4, 0.5) is 0 Å². The van der Waals surface area contributed by atoms with Gasteiger partial charge in [0.05, 0.1) is 27.8 Å². The number of para-hydroxylation sites is 2. The van der Waals surface area contributed by atoms with E-state index in [0.717, 1.165) is 5.69 Å².